The summed E-state index contributed by atoms with van der Waals surface area (Å²) in [4.78, 5) is 6.78. The molecule has 2 aliphatic heterocycles. The predicted molar refractivity (Wildman–Crippen MR) is 112 cm³/mol. The molecular formula is C22H35N3O3. The van der Waals surface area contributed by atoms with Crippen LogP contribution in [0.3, 0.4) is 0 Å². The Balaban J connectivity index is 1.64. The number of guanidine groups is 1. The van der Waals surface area contributed by atoms with Crippen molar-refractivity contribution >= 4 is 5.96 Å². The molecule has 2 atom stereocenters. The minimum Gasteiger partial charge on any atom is -0.488 e. The second-order valence-corrected chi connectivity index (χ2v) is 8.63. The van der Waals surface area contributed by atoms with E-state index in [9.17, 15) is 0 Å². The highest BCUT2D eigenvalue weighted by Crippen LogP contribution is 2.25. The summed E-state index contributed by atoms with van der Waals surface area (Å²) >= 11 is 0. The van der Waals surface area contributed by atoms with E-state index in [-0.39, 0.29) is 17.8 Å². The Labute approximate surface area is 169 Å². The van der Waals surface area contributed by atoms with E-state index < -0.39 is 0 Å². The lowest BCUT2D eigenvalue weighted by molar-refractivity contribution is -0.0817. The van der Waals surface area contributed by atoms with Gasteiger partial charge < -0.3 is 24.4 Å². The Kier molecular flexibility index (Phi) is 6.83. The maximum atomic E-state index is 6.18. The predicted octanol–water partition coefficient (Wildman–Crippen LogP) is 3.13. The van der Waals surface area contributed by atoms with Crippen molar-refractivity contribution < 1.29 is 14.2 Å². The number of morpholine rings is 1. The van der Waals surface area contributed by atoms with Crippen LogP contribution in [-0.4, -0.2) is 62.0 Å². The molecule has 0 amide bonds. The van der Waals surface area contributed by atoms with Crippen molar-refractivity contribution in [2.24, 2.45) is 4.99 Å². The second kappa shape index (κ2) is 9.14. The molecule has 1 aromatic carbocycles. The molecule has 1 aromatic rings. The van der Waals surface area contributed by atoms with E-state index in [0.29, 0.717) is 13.2 Å². The maximum Gasteiger partial charge on any atom is 0.194 e. The molecule has 6 nitrogen and oxygen atoms in total. The normalized spacial score (nSPS) is 23.8. The standard InChI is InChI=1S/C22H35N3O3/c1-16-8-9-17(19(13-16)28-22(2,3)4)14-24-21(23-5)25-10-12-27-20(15-25)18-7-6-11-26-18/h8-9,13,18,20H,6-7,10-12,14-15H2,1-5H3,(H,23,24). The lowest BCUT2D eigenvalue weighted by Gasteiger charge is -2.37. The zero-order valence-electron chi connectivity index (χ0n) is 18.0. The Hall–Kier alpha value is -1.79. The van der Waals surface area contributed by atoms with E-state index in [4.69, 9.17) is 14.2 Å². The van der Waals surface area contributed by atoms with Crippen LogP contribution >= 0.6 is 0 Å². The van der Waals surface area contributed by atoms with Crippen molar-refractivity contribution in [1.82, 2.24) is 10.2 Å². The molecule has 2 heterocycles. The number of ether oxygens (including phenoxy) is 3. The van der Waals surface area contributed by atoms with Crippen molar-refractivity contribution in [3.63, 3.8) is 0 Å². The fourth-order valence-electron chi connectivity index (χ4n) is 3.73. The summed E-state index contributed by atoms with van der Waals surface area (Å²) in [5.74, 6) is 1.82. The minimum atomic E-state index is -0.233. The molecule has 0 saturated carbocycles. The summed E-state index contributed by atoms with van der Waals surface area (Å²) in [6.45, 7) is 12.2. The number of hydrogen-bond donors (Lipinski definition) is 1. The third-order valence-corrected chi connectivity index (χ3v) is 5.06. The quantitative estimate of drug-likeness (QED) is 0.633. The molecule has 0 aliphatic carbocycles. The van der Waals surface area contributed by atoms with E-state index in [2.05, 4.69) is 61.1 Å². The van der Waals surface area contributed by atoms with Crippen LogP contribution in [0.15, 0.2) is 23.2 Å². The molecule has 0 aromatic heterocycles. The van der Waals surface area contributed by atoms with Gasteiger partial charge in [-0.3, -0.25) is 4.99 Å². The summed E-state index contributed by atoms with van der Waals surface area (Å²) in [6, 6.07) is 6.36. The molecule has 0 radical (unpaired) electrons. The number of aliphatic imine (C=N–C) groups is 1. The van der Waals surface area contributed by atoms with Gasteiger partial charge in [0.05, 0.1) is 12.7 Å². The smallest absolute Gasteiger partial charge is 0.194 e. The van der Waals surface area contributed by atoms with Crippen LogP contribution in [-0.2, 0) is 16.0 Å². The molecular weight excluding hydrogens is 354 g/mol. The number of rotatable bonds is 4. The lowest BCUT2D eigenvalue weighted by atomic mass is 10.1. The number of benzene rings is 1. The first-order chi connectivity index (χ1) is 13.4. The van der Waals surface area contributed by atoms with Gasteiger partial charge in [-0.1, -0.05) is 12.1 Å². The Bertz CT molecular complexity index is 678. The molecule has 0 bridgehead atoms. The SMILES string of the molecule is CN=C(NCc1ccc(C)cc1OC(C)(C)C)N1CCOC(C2CCCO2)C1. The van der Waals surface area contributed by atoms with Gasteiger partial charge in [0.2, 0.25) is 0 Å². The molecule has 2 aliphatic rings. The number of aryl methyl sites for hydroxylation is 1. The van der Waals surface area contributed by atoms with Gasteiger partial charge in [-0.05, 0) is 52.2 Å². The van der Waals surface area contributed by atoms with Gasteiger partial charge in [-0.25, -0.2) is 0 Å². The number of nitrogens with zero attached hydrogens (tertiary/aromatic N) is 2. The fraction of sp³-hybridized carbons (Fsp3) is 0.682. The molecule has 1 N–H and O–H groups in total. The van der Waals surface area contributed by atoms with Crippen LogP contribution in [0.5, 0.6) is 5.75 Å². The third kappa shape index (κ3) is 5.61. The highest BCUT2D eigenvalue weighted by molar-refractivity contribution is 5.80. The zero-order chi connectivity index (χ0) is 20.1. The van der Waals surface area contributed by atoms with Gasteiger partial charge >= 0.3 is 0 Å². The Morgan fingerprint density at radius 3 is 2.71 bits per heavy atom. The number of nitrogens with one attached hydrogen (secondary N) is 1. The average Bonchev–Trinajstić information content (AvgIpc) is 3.17. The van der Waals surface area contributed by atoms with E-state index in [0.717, 1.165) is 49.8 Å². The van der Waals surface area contributed by atoms with E-state index in [1.165, 1.54) is 5.56 Å². The van der Waals surface area contributed by atoms with Crippen molar-refractivity contribution in [2.45, 2.75) is 64.9 Å². The topological polar surface area (TPSA) is 55.3 Å². The van der Waals surface area contributed by atoms with E-state index in [1.54, 1.807) is 0 Å². The van der Waals surface area contributed by atoms with Gasteiger partial charge in [-0.15, -0.1) is 0 Å². The first-order valence-electron chi connectivity index (χ1n) is 10.3. The highest BCUT2D eigenvalue weighted by Gasteiger charge is 2.32. The van der Waals surface area contributed by atoms with Gasteiger partial charge in [0.15, 0.2) is 5.96 Å². The minimum absolute atomic E-state index is 0.119. The average molecular weight is 390 g/mol. The van der Waals surface area contributed by atoms with Crippen LogP contribution in [0.2, 0.25) is 0 Å². The summed E-state index contributed by atoms with van der Waals surface area (Å²) in [5.41, 5.74) is 2.09. The van der Waals surface area contributed by atoms with Crippen LogP contribution in [0.4, 0.5) is 0 Å². The summed E-state index contributed by atoms with van der Waals surface area (Å²) in [7, 11) is 1.83. The van der Waals surface area contributed by atoms with Crippen molar-refractivity contribution in [3.8, 4) is 5.75 Å². The fourth-order valence-corrected chi connectivity index (χ4v) is 3.73. The summed E-state index contributed by atoms with van der Waals surface area (Å²) in [5, 5.41) is 3.51. The van der Waals surface area contributed by atoms with Crippen LogP contribution in [0, 0.1) is 6.92 Å². The molecule has 28 heavy (non-hydrogen) atoms. The largest absolute Gasteiger partial charge is 0.488 e. The van der Waals surface area contributed by atoms with E-state index in [1.807, 2.05) is 7.05 Å². The molecule has 0 spiro atoms. The molecule has 2 unspecified atom stereocenters. The summed E-state index contributed by atoms with van der Waals surface area (Å²) in [6.07, 6.45) is 2.54. The Morgan fingerprint density at radius 1 is 1.25 bits per heavy atom. The number of hydrogen-bond acceptors (Lipinski definition) is 4. The van der Waals surface area contributed by atoms with E-state index >= 15 is 0 Å². The first-order valence-corrected chi connectivity index (χ1v) is 10.3. The van der Waals surface area contributed by atoms with Gasteiger partial charge in [0, 0.05) is 38.9 Å². The van der Waals surface area contributed by atoms with Gasteiger partial charge in [-0.2, -0.15) is 0 Å². The second-order valence-electron chi connectivity index (χ2n) is 8.63. The highest BCUT2D eigenvalue weighted by atomic mass is 16.5. The van der Waals surface area contributed by atoms with Crippen LogP contribution in [0.25, 0.3) is 0 Å². The monoisotopic (exact) mass is 389 g/mol. The van der Waals surface area contributed by atoms with Gasteiger partial charge in [0.1, 0.15) is 17.5 Å². The molecule has 2 saturated heterocycles. The molecule has 2 fully saturated rings. The zero-order valence-corrected chi connectivity index (χ0v) is 18.0. The molecule has 3 rings (SSSR count). The Morgan fingerprint density at radius 2 is 2.04 bits per heavy atom. The molecule has 156 valence electrons. The first kappa shape index (κ1) is 20.9. The summed E-state index contributed by atoms with van der Waals surface area (Å²) < 4.78 is 18.0. The van der Waals surface area contributed by atoms with Crippen LogP contribution in [0.1, 0.15) is 44.7 Å². The maximum absolute atomic E-state index is 6.18. The van der Waals surface area contributed by atoms with Gasteiger partial charge in [0.25, 0.3) is 0 Å². The van der Waals surface area contributed by atoms with Crippen molar-refractivity contribution in [1.29, 1.82) is 0 Å². The van der Waals surface area contributed by atoms with Crippen molar-refractivity contribution in [3.05, 3.63) is 29.3 Å². The third-order valence-electron chi connectivity index (χ3n) is 5.06. The van der Waals surface area contributed by atoms with Crippen LogP contribution < -0.4 is 10.1 Å². The lowest BCUT2D eigenvalue weighted by Crippen LogP contribution is -2.53. The van der Waals surface area contributed by atoms with Crippen molar-refractivity contribution in [2.75, 3.05) is 33.4 Å². The molecule has 6 heteroatoms.